The van der Waals surface area contributed by atoms with Crippen LogP contribution in [0.4, 0.5) is 0 Å². The van der Waals surface area contributed by atoms with Crippen molar-refractivity contribution in [2.75, 3.05) is 5.75 Å². The number of thioether (sulfide) groups is 1. The molecule has 3 aromatic rings. The van der Waals surface area contributed by atoms with Crippen LogP contribution >= 0.6 is 23.1 Å². The zero-order chi connectivity index (χ0) is 18.8. The summed E-state index contributed by atoms with van der Waals surface area (Å²) >= 11 is 3.31. The minimum Gasteiger partial charge on any atom is -0.481 e. The van der Waals surface area contributed by atoms with E-state index in [4.69, 9.17) is 0 Å². The summed E-state index contributed by atoms with van der Waals surface area (Å²) in [6.07, 6.45) is 0.844. The fourth-order valence-corrected chi connectivity index (χ4v) is 5.88. The van der Waals surface area contributed by atoms with Crippen LogP contribution in [0.15, 0.2) is 53.9 Å². The zero-order valence-corrected chi connectivity index (χ0v) is 16.2. The maximum Gasteiger partial charge on any atom is 0.305 e. The Morgan fingerprint density at radius 3 is 2.81 bits per heavy atom. The average molecular weight is 398 g/mol. The Bertz CT molecular complexity index is 993. The van der Waals surface area contributed by atoms with Gasteiger partial charge in [-0.05, 0) is 45.5 Å². The molecule has 0 saturated heterocycles. The van der Waals surface area contributed by atoms with E-state index in [1.54, 1.807) is 23.1 Å². The summed E-state index contributed by atoms with van der Waals surface area (Å²) in [4.78, 5) is 25.8. The van der Waals surface area contributed by atoms with Gasteiger partial charge in [-0.15, -0.1) is 23.1 Å². The molecule has 4 nitrogen and oxygen atoms in total. The van der Waals surface area contributed by atoms with Crippen LogP contribution in [0.2, 0.25) is 0 Å². The van der Waals surface area contributed by atoms with Crippen LogP contribution < -0.4 is 5.32 Å². The van der Waals surface area contributed by atoms with Crippen molar-refractivity contribution in [2.24, 2.45) is 0 Å². The van der Waals surface area contributed by atoms with Crippen molar-refractivity contribution in [3.8, 4) is 0 Å². The molecule has 0 spiro atoms. The maximum absolute atomic E-state index is 13.0. The van der Waals surface area contributed by atoms with Gasteiger partial charge in [0, 0.05) is 4.88 Å². The van der Waals surface area contributed by atoms with Crippen molar-refractivity contribution in [1.29, 1.82) is 0 Å². The standard InChI is InChI=1S/C21H19NO3S2/c23-19(24)12-17(15-7-3-5-13-4-1-2-6-14(13)15)22-21(25)20-16-8-10-26-18(16)9-11-27-20/h1-8,10,17,20H,9,11-12H2,(H,22,25)(H,23,24)/t17-,20?/m1/s1. The SMILES string of the molecule is O=C(O)C[C@@H](NC(=O)C1SCCc2sccc21)c1cccc2ccccc12. The van der Waals surface area contributed by atoms with Crippen molar-refractivity contribution >= 4 is 45.7 Å². The molecule has 2 N–H and O–H groups in total. The number of nitrogens with one attached hydrogen (secondary N) is 1. The van der Waals surface area contributed by atoms with Gasteiger partial charge in [-0.25, -0.2) is 0 Å². The second-order valence-electron chi connectivity index (χ2n) is 6.53. The van der Waals surface area contributed by atoms with E-state index in [-0.39, 0.29) is 17.6 Å². The van der Waals surface area contributed by atoms with E-state index in [9.17, 15) is 14.7 Å². The lowest BCUT2D eigenvalue weighted by Crippen LogP contribution is -2.34. The smallest absolute Gasteiger partial charge is 0.305 e. The van der Waals surface area contributed by atoms with E-state index in [0.717, 1.165) is 34.1 Å². The Kier molecular flexibility index (Phi) is 5.18. The second kappa shape index (κ2) is 7.74. The summed E-state index contributed by atoms with van der Waals surface area (Å²) in [5.74, 6) is -0.136. The summed E-state index contributed by atoms with van der Waals surface area (Å²) < 4.78 is 0. The van der Waals surface area contributed by atoms with Crippen LogP contribution in [0.1, 0.15) is 33.7 Å². The Hall–Kier alpha value is -2.31. The van der Waals surface area contributed by atoms with Crippen LogP contribution in [-0.4, -0.2) is 22.7 Å². The van der Waals surface area contributed by atoms with Crippen molar-refractivity contribution in [2.45, 2.75) is 24.1 Å². The third-order valence-electron chi connectivity index (χ3n) is 4.81. The summed E-state index contributed by atoms with van der Waals surface area (Å²) in [5.41, 5.74) is 1.91. The van der Waals surface area contributed by atoms with Crippen LogP contribution in [0, 0.1) is 0 Å². The fourth-order valence-electron chi connectivity index (χ4n) is 3.58. The first-order chi connectivity index (χ1) is 13.1. The van der Waals surface area contributed by atoms with Crippen LogP contribution in [0.25, 0.3) is 10.8 Å². The fraction of sp³-hybridized carbons (Fsp3) is 0.238. The minimum atomic E-state index is -0.930. The topological polar surface area (TPSA) is 66.4 Å². The van der Waals surface area contributed by atoms with Gasteiger partial charge in [0.15, 0.2) is 0 Å². The monoisotopic (exact) mass is 397 g/mol. The van der Waals surface area contributed by atoms with Crippen molar-refractivity contribution in [3.05, 3.63) is 69.9 Å². The number of carbonyl (C=O) groups is 2. The number of amides is 1. The molecule has 4 rings (SSSR count). The first-order valence-electron chi connectivity index (χ1n) is 8.81. The van der Waals surface area contributed by atoms with Crippen LogP contribution in [0.5, 0.6) is 0 Å². The highest BCUT2D eigenvalue weighted by molar-refractivity contribution is 8.00. The van der Waals surface area contributed by atoms with Crippen molar-refractivity contribution < 1.29 is 14.7 Å². The molecule has 1 amide bonds. The molecule has 0 saturated carbocycles. The number of carboxylic acid groups (broad SMARTS) is 1. The zero-order valence-electron chi connectivity index (χ0n) is 14.6. The highest BCUT2D eigenvalue weighted by Crippen LogP contribution is 2.40. The Labute approximate surface area is 165 Å². The molecule has 0 aliphatic carbocycles. The lowest BCUT2D eigenvalue weighted by molar-refractivity contribution is -0.137. The Morgan fingerprint density at radius 2 is 1.96 bits per heavy atom. The van der Waals surface area contributed by atoms with Gasteiger partial charge < -0.3 is 10.4 Å². The predicted octanol–water partition coefficient (Wildman–Crippen LogP) is 4.56. The van der Waals surface area contributed by atoms with E-state index in [1.807, 2.05) is 53.9 Å². The Morgan fingerprint density at radius 1 is 1.15 bits per heavy atom. The predicted molar refractivity (Wildman–Crippen MR) is 110 cm³/mol. The molecule has 27 heavy (non-hydrogen) atoms. The first kappa shape index (κ1) is 18.1. The quantitative estimate of drug-likeness (QED) is 0.662. The van der Waals surface area contributed by atoms with Crippen molar-refractivity contribution in [3.63, 3.8) is 0 Å². The summed E-state index contributed by atoms with van der Waals surface area (Å²) in [6, 6.07) is 15.1. The summed E-state index contributed by atoms with van der Waals surface area (Å²) in [7, 11) is 0. The number of aryl methyl sites for hydroxylation is 1. The number of benzene rings is 2. The van der Waals surface area contributed by atoms with Gasteiger partial charge in [0.05, 0.1) is 12.5 Å². The molecule has 0 fully saturated rings. The number of hydrogen-bond donors (Lipinski definition) is 2. The highest BCUT2D eigenvalue weighted by Gasteiger charge is 2.30. The number of rotatable bonds is 5. The second-order valence-corrected chi connectivity index (χ2v) is 8.74. The molecule has 1 aliphatic heterocycles. The largest absolute Gasteiger partial charge is 0.481 e. The first-order valence-corrected chi connectivity index (χ1v) is 10.7. The molecule has 2 aromatic carbocycles. The van der Waals surface area contributed by atoms with Gasteiger partial charge in [-0.3, -0.25) is 9.59 Å². The molecule has 6 heteroatoms. The maximum atomic E-state index is 13.0. The number of carboxylic acids is 1. The van der Waals surface area contributed by atoms with Gasteiger partial charge in [-0.2, -0.15) is 0 Å². The lowest BCUT2D eigenvalue weighted by atomic mass is 9.96. The molecule has 2 atom stereocenters. The molecular weight excluding hydrogens is 378 g/mol. The molecule has 0 radical (unpaired) electrons. The minimum absolute atomic E-state index is 0.112. The molecule has 1 aromatic heterocycles. The van der Waals surface area contributed by atoms with Gasteiger partial charge in [0.1, 0.15) is 5.25 Å². The number of carbonyl (C=O) groups excluding carboxylic acids is 1. The van der Waals surface area contributed by atoms with Crippen molar-refractivity contribution in [1.82, 2.24) is 5.32 Å². The van der Waals surface area contributed by atoms with Gasteiger partial charge >= 0.3 is 5.97 Å². The summed E-state index contributed by atoms with van der Waals surface area (Å²) in [6.45, 7) is 0. The van der Waals surface area contributed by atoms with Crippen LogP contribution in [-0.2, 0) is 16.0 Å². The normalized spacial score (nSPS) is 17.3. The van der Waals surface area contributed by atoms with Crippen LogP contribution in [0.3, 0.4) is 0 Å². The van der Waals surface area contributed by atoms with Gasteiger partial charge in [0.25, 0.3) is 0 Å². The molecular formula is C21H19NO3S2. The molecule has 138 valence electrons. The third-order valence-corrected chi connectivity index (χ3v) is 7.05. The highest BCUT2D eigenvalue weighted by atomic mass is 32.2. The number of aliphatic carboxylic acids is 1. The van der Waals surface area contributed by atoms with Gasteiger partial charge in [-0.1, -0.05) is 42.5 Å². The van der Waals surface area contributed by atoms with E-state index >= 15 is 0 Å². The van der Waals surface area contributed by atoms with E-state index < -0.39 is 12.0 Å². The molecule has 2 heterocycles. The number of thiophene rings is 1. The van der Waals surface area contributed by atoms with E-state index in [1.165, 1.54) is 4.88 Å². The molecule has 0 bridgehead atoms. The summed E-state index contributed by atoms with van der Waals surface area (Å²) in [5, 5.41) is 16.2. The Balaban J connectivity index is 1.66. The number of fused-ring (bicyclic) bond motifs is 2. The van der Waals surface area contributed by atoms with E-state index in [2.05, 4.69) is 5.32 Å². The molecule has 1 unspecified atom stereocenters. The third kappa shape index (κ3) is 3.73. The lowest BCUT2D eigenvalue weighted by Gasteiger charge is -2.25. The average Bonchev–Trinajstić information content (AvgIpc) is 3.15. The van der Waals surface area contributed by atoms with Gasteiger partial charge in [0.2, 0.25) is 5.91 Å². The molecule has 1 aliphatic rings. The van der Waals surface area contributed by atoms with E-state index in [0.29, 0.717) is 0 Å². The number of hydrogen-bond acceptors (Lipinski definition) is 4.